The largest absolute Gasteiger partial charge is 0.382 e. The number of hydrogen-bond donors (Lipinski definition) is 3. The van der Waals surface area contributed by atoms with Crippen molar-refractivity contribution in [3.05, 3.63) is 4.88 Å². The van der Waals surface area contributed by atoms with Gasteiger partial charge in [-0.05, 0) is 19.3 Å². The minimum absolute atomic E-state index is 0.0961. The molecule has 0 radical (unpaired) electrons. The lowest BCUT2D eigenvalue weighted by atomic mass is 10.2. The first-order chi connectivity index (χ1) is 8.72. The molecule has 0 bridgehead atoms. The van der Waals surface area contributed by atoms with Crippen molar-refractivity contribution in [3.63, 3.8) is 0 Å². The summed E-state index contributed by atoms with van der Waals surface area (Å²) in [4.78, 5) is 16.7. The summed E-state index contributed by atoms with van der Waals surface area (Å²) in [6.07, 6.45) is 3.19. The second kappa shape index (κ2) is 4.74. The van der Waals surface area contributed by atoms with Crippen molar-refractivity contribution in [3.8, 4) is 0 Å². The Kier molecular flexibility index (Phi) is 3.09. The van der Waals surface area contributed by atoms with Gasteiger partial charge in [0.1, 0.15) is 10.7 Å². The highest BCUT2D eigenvalue weighted by Gasteiger charge is 2.25. The van der Waals surface area contributed by atoms with E-state index in [1.54, 1.807) is 0 Å². The van der Waals surface area contributed by atoms with Gasteiger partial charge in [-0.15, -0.1) is 0 Å². The molecule has 3 rings (SSSR count). The molecule has 4 N–H and O–H groups in total. The fourth-order valence-electron chi connectivity index (χ4n) is 1.86. The molecule has 2 heterocycles. The second-order valence-electron chi connectivity index (χ2n) is 4.69. The molecule has 1 amide bonds. The average Bonchev–Trinajstić information content (AvgIpc) is 2.85. The van der Waals surface area contributed by atoms with E-state index >= 15 is 0 Å². The minimum Gasteiger partial charge on any atom is -0.382 e. The number of nitrogen functional groups attached to an aromatic ring is 1. The average molecular weight is 268 g/mol. The second-order valence-corrected chi connectivity index (χ2v) is 5.69. The number of amides is 1. The van der Waals surface area contributed by atoms with E-state index in [9.17, 15) is 4.79 Å². The predicted molar refractivity (Wildman–Crippen MR) is 69.9 cm³/mol. The fourth-order valence-corrected chi connectivity index (χ4v) is 2.72. The third-order valence-corrected chi connectivity index (χ3v) is 4.03. The van der Waals surface area contributed by atoms with Gasteiger partial charge in [-0.25, -0.2) is 4.98 Å². The van der Waals surface area contributed by atoms with Crippen molar-refractivity contribution < 1.29 is 9.53 Å². The van der Waals surface area contributed by atoms with Crippen LogP contribution in [0.4, 0.5) is 10.9 Å². The van der Waals surface area contributed by atoms with Crippen molar-refractivity contribution in [1.82, 2.24) is 10.3 Å². The molecule has 1 unspecified atom stereocenters. The van der Waals surface area contributed by atoms with Gasteiger partial charge >= 0.3 is 0 Å². The van der Waals surface area contributed by atoms with Crippen LogP contribution in [0.3, 0.4) is 0 Å². The normalized spacial score (nSPS) is 23.0. The van der Waals surface area contributed by atoms with E-state index in [1.807, 2.05) is 0 Å². The number of nitrogens with zero attached hydrogens (tertiary/aromatic N) is 1. The first-order valence-electron chi connectivity index (χ1n) is 6.14. The Balaban J connectivity index is 1.65. The Morgan fingerprint density at radius 3 is 2.89 bits per heavy atom. The predicted octanol–water partition coefficient (Wildman–Crippen LogP) is 0.818. The third kappa shape index (κ3) is 2.56. The van der Waals surface area contributed by atoms with E-state index in [0.717, 1.165) is 11.6 Å². The molecule has 18 heavy (non-hydrogen) atoms. The van der Waals surface area contributed by atoms with Crippen molar-refractivity contribution in [2.45, 2.75) is 31.3 Å². The summed E-state index contributed by atoms with van der Waals surface area (Å²) in [5.74, 6) is 0.156. The lowest BCUT2D eigenvalue weighted by Crippen LogP contribution is -2.34. The molecule has 7 heteroatoms. The molecule has 0 spiro atoms. The van der Waals surface area contributed by atoms with Gasteiger partial charge in [-0.2, -0.15) is 0 Å². The molecule has 2 aliphatic rings. The number of anilines is 2. The highest BCUT2D eigenvalue weighted by atomic mass is 32.1. The summed E-state index contributed by atoms with van der Waals surface area (Å²) >= 11 is 1.32. The van der Waals surface area contributed by atoms with Crippen LogP contribution >= 0.6 is 11.3 Å². The van der Waals surface area contributed by atoms with Gasteiger partial charge in [-0.3, -0.25) is 4.79 Å². The summed E-state index contributed by atoms with van der Waals surface area (Å²) in [6.45, 7) is 1.29. The van der Waals surface area contributed by atoms with E-state index in [1.165, 1.54) is 24.2 Å². The molecule has 6 nitrogen and oxygen atoms in total. The summed E-state index contributed by atoms with van der Waals surface area (Å²) in [7, 11) is 0. The number of aromatic nitrogens is 1. The molecule has 1 aliphatic carbocycles. The number of rotatable bonds is 4. The molecule has 2 fully saturated rings. The topological polar surface area (TPSA) is 89.3 Å². The van der Waals surface area contributed by atoms with Gasteiger partial charge < -0.3 is 21.1 Å². The van der Waals surface area contributed by atoms with E-state index in [2.05, 4.69) is 15.6 Å². The van der Waals surface area contributed by atoms with E-state index < -0.39 is 0 Å². The monoisotopic (exact) mass is 268 g/mol. The zero-order valence-electron chi connectivity index (χ0n) is 9.94. The smallest absolute Gasteiger partial charge is 0.265 e. The molecule has 1 aliphatic heterocycles. The number of hydrogen-bond acceptors (Lipinski definition) is 6. The number of thiazole rings is 1. The Bertz CT molecular complexity index is 452. The molecule has 1 aromatic rings. The van der Waals surface area contributed by atoms with Crippen LogP contribution in [0.25, 0.3) is 0 Å². The Labute approximate surface area is 109 Å². The van der Waals surface area contributed by atoms with Crippen LogP contribution < -0.4 is 16.4 Å². The van der Waals surface area contributed by atoms with Crippen LogP contribution in [0.2, 0.25) is 0 Å². The Morgan fingerprint density at radius 2 is 2.22 bits per heavy atom. The summed E-state index contributed by atoms with van der Waals surface area (Å²) in [5.41, 5.74) is 5.78. The minimum atomic E-state index is -0.149. The maximum absolute atomic E-state index is 12.0. The Hall–Kier alpha value is -1.34. The van der Waals surface area contributed by atoms with Gasteiger partial charge in [0.25, 0.3) is 5.91 Å². The van der Waals surface area contributed by atoms with Crippen LogP contribution in [-0.4, -0.2) is 36.2 Å². The molecule has 1 saturated heterocycles. The van der Waals surface area contributed by atoms with E-state index in [0.29, 0.717) is 30.0 Å². The van der Waals surface area contributed by atoms with Gasteiger partial charge in [0.2, 0.25) is 0 Å². The van der Waals surface area contributed by atoms with Crippen molar-refractivity contribution in [2.75, 3.05) is 24.3 Å². The van der Waals surface area contributed by atoms with Crippen LogP contribution in [-0.2, 0) is 4.74 Å². The van der Waals surface area contributed by atoms with Crippen LogP contribution in [0, 0.1) is 0 Å². The zero-order valence-corrected chi connectivity index (χ0v) is 10.8. The van der Waals surface area contributed by atoms with Gasteiger partial charge in [0, 0.05) is 12.6 Å². The van der Waals surface area contributed by atoms with Crippen molar-refractivity contribution >= 4 is 28.2 Å². The number of nitrogens with two attached hydrogens (primary N) is 1. The first-order valence-corrected chi connectivity index (χ1v) is 6.95. The molecule has 1 atom stereocenters. The lowest BCUT2D eigenvalue weighted by molar-refractivity contribution is 0.0934. The molecule has 98 valence electrons. The molecule has 1 aromatic heterocycles. The van der Waals surface area contributed by atoms with Crippen molar-refractivity contribution in [1.29, 1.82) is 0 Å². The summed E-state index contributed by atoms with van der Waals surface area (Å²) < 4.78 is 5.22. The fraction of sp³-hybridized carbons (Fsp3) is 0.636. The summed E-state index contributed by atoms with van der Waals surface area (Å²) in [5, 5.41) is 6.90. The maximum atomic E-state index is 12.0. The van der Waals surface area contributed by atoms with E-state index in [4.69, 9.17) is 10.5 Å². The highest BCUT2D eigenvalue weighted by molar-refractivity contribution is 7.18. The number of ether oxygens (including phenoxy) is 1. The number of carbonyl (C=O) groups excluding carboxylic acids is 1. The molecule has 1 saturated carbocycles. The molecular weight excluding hydrogens is 252 g/mol. The maximum Gasteiger partial charge on any atom is 0.265 e. The number of nitrogens with one attached hydrogen (secondary N) is 2. The van der Waals surface area contributed by atoms with Crippen molar-refractivity contribution in [2.24, 2.45) is 0 Å². The number of carbonyl (C=O) groups is 1. The lowest BCUT2D eigenvalue weighted by Gasteiger charge is -2.08. The van der Waals surface area contributed by atoms with Gasteiger partial charge in [-0.1, -0.05) is 11.3 Å². The third-order valence-electron chi connectivity index (χ3n) is 3.03. The van der Waals surface area contributed by atoms with Crippen LogP contribution in [0.15, 0.2) is 0 Å². The zero-order chi connectivity index (χ0) is 12.5. The standard InChI is InChI=1S/C11H16N4O2S/c12-9-8(10(16)13-7-3-4-17-5-7)18-11(15-9)14-6-1-2-6/h6-7H,1-5,12H2,(H,13,16)(H,14,15). The molecule has 0 aromatic carbocycles. The molecular formula is C11H16N4O2S. The quantitative estimate of drug-likeness (QED) is 0.752. The van der Waals surface area contributed by atoms with E-state index in [-0.39, 0.29) is 11.9 Å². The SMILES string of the molecule is Nc1nc(NC2CC2)sc1C(=O)NC1CCOC1. The Morgan fingerprint density at radius 1 is 1.39 bits per heavy atom. The summed E-state index contributed by atoms with van der Waals surface area (Å²) in [6, 6.07) is 0.605. The first kappa shape index (κ1) is 11.7. The van der Waals surface area contributed by atoms with Gasteiger partial charge in [0.05, 0.1) is 12.6 Å². The van der Waals surface area contributed by atoms with Crippen LogP contribution in [0.5, 0.6) is 0 Å². The van der Waals surface area contributed by atoms with Gasteiger partial charge in [0.15, 0.2) is 5.13 Å². The van der Waals surface area contributed by atoms with Crippen LogP contribution in [0.1, 0.15) is 28.9 Å². The highest BCUT2D eigenvalue weighted by Crippen LogP contribution is 2.30.